The topological polar surface area (TPSA) is 71.2 Å². The molecule has 0 unspecified atom stereocenters. The van der Waals surface area contributed by atoms with Crippen molar-refractivity contribution in [1.82, 2.24) is 30.2 Å². The first kappa shape index (κ1) is 29.6. The molecule has 0 bridgehead atoms. The Morgan fingerprint density at radius 1 is 0.622 bits per heavy atom. The highest BCUT2D eigenvalue weighted by Gasteiger charge is 2.18. The molecule has 8 nitrogen and oxygen atoms in total. The van der Waals surface area contributed by atoms with Crippen LogP contribution in [0.25, 0.3) is 0 Å². The van der Waals surface area contributed by atoms with Gasteiger partial charge >= 0.3 is 0 Å². The van der Waals surface area contributed by atoms with Crippen molar-refractivity contribution in [3.63, 3.8) is 0 Å². The third-order valence-corrected chi connectivity index (χ3v) is 7.70. The predicted octanol–water partition coefficient (Wildman–Crippen LogP) is 1.37. The van der Waals surface area contributed by atoms with Crippen LogP contribution < -0.4 is 10.6 Å². The smallest absolute Gasteiger partial charge is 0.219 e. The van der Waals surface area contributed by atoms with Gasteiger partial charge in [-0.3, -0.25) is 19.4 Å². The van der Waals surface area contributed by atoms with Crippen molar-refractivity contribution in [3.05, 3.63) is 34.9 Å². The number of nitrogens with one attached hydrogen (secondary N) is 2. The highest BCUT2D eigenvalue weighted by atomic mass is 16.2. The van der Waals surface area contributed by atoms with Gasteiger partial charge in [0.2, 0.25) is 11.8 Å². The minimum Gasteiger partial charge on any atom is -0.355 e. The van der Waals surface area contributed by atoms with Crippen LogP contribution in [0.2, 0.25) is 0 Å². The van der Waals surface area contributed by atoms with Crippen molar-refractivity contribution in [3.8, 4) is 0 Å². The molecule has 1 aromatic rings. The van der Waals surface area contributed by atoms with E-state index >= 15 is 0 Å². The Morgan fingerprint density at radius 3 is 1.32 bits per heavy atom. The molecular formula is C29H50N6O2. The molecule has 0 spiro atoms. The van der Waals surface area contributed by atoms with Crippen LogP contribution in [0.1, 0.15) is 43.4 Å². The number of carbonyl (C=O) groups is 2. The fourth-order valence-electron chi connectivity index (χ4n) is 5.24. The van der Waals surface area contributed by atoms with E-state index in [2.05, 4.69) is 55.4 Å². The molecular weight excluding hydrogens is 464 g/mol. The number of rotatable bonds is 14. The molecule has 37 heavy (non-hydrogen) atoms. The Kier molecular flexibility index (Phi) is 12.8. The Bertz CT molecular complexity index is 767. The molecule has 0 radical (unpaired) electrons. The zero-order chi connectivity index (χ0) is 26.5. The van der Waals surface area contributed by atoms with E-state index in [0.717, 1.165) is 104 Å². The Hall–Kier alpha value is -2.00. The second-order valence-electron chi connectivity index (χ2n) is 10.6. The van der Waals surface area contributed by atoms with Gasteiger partial charge in [-0.05, 0) is 30.9 Å². The summed E-state index contributed by atoms with van der Waals surface area (Å²) in [5.41, 5.74) is 4.28. The van der Waals surface area contributed by atoms with Crippen molar-refractivity contribution in [2.24, 2.45) is 0 Å². The molecule has 2 saturated heterocycles. The van der Waals surface area contributed by atoms with Crippen LogP contribution in [-0.2, 0) is 22.4 Å². The zero-order valence-corrected chi connectivity index (χ0v) is 23.6. The number of aryl methyl sites for hydroxylation is 1. The van der Waals surface area contributed by atoms with Crippen LogP contribution in [0.4, 0.5) is 0 Å². The summed E-state index contributed by atoms with van der Waals surface area (Å²) in [5, 5.41) is 5.96. The number of hydrogen-bond acceptors (Lipinski definition) is 6. The minimum atomic E-state index is 0.143. The highest BCUT2D eigenvalue weighted by molar-refractivity contribution is 5.75. The van der Waals surface area contributed by atoms with Crippen molar-refractivity contribution in [2.45, 2.75) is 46.5 Å². The number of benzene rings is 1. The van der Waals surface area contributed by atoms with Crippen molar-refractivity contribution >= 4 is 11.8 Å². The number of nitrogens with zero attached hydrogens (tertiary/aromatic N) is 4. The van der Waals surface area contributed by atoms with Crippen LogP contribution in [0.5, 0.6) is 0 Å². The Morgan fingerprint density at radius 2 is 0.973 bits per heavy atom. The molecule has 2 aliphatic rings. The normalized spacial score (nSPS) is 18.1. The van der Waals surface area contributed by atoms with Gasteiger partial charge in [0.15, 0.2) is 0 Å². The molecule has 2 heterocycles. The van der Waals surface area contributed by atoms with E-state index in [9.17, 15) is 9.59 Å². The highest BCUT2D eigenvalue weighted by Crippen LogP contribution is 2.14. The van der Waals surface area contributed by atoms with E-state index in [1.165, 1.54) is 16.7 Å². The third-order valence-electron chi connectivity index (χ3n) is 7.70. The van der Waals surface area contributed by atoms with Crippen LogP contribution in [0.15, 0.2) is 18.2 Å². The lowest BCUT2D eigenvalue weighted by Gasteiger charge is -2.35. The van der Waals surface area contributed by atoms with Crippen LogP contribution in [-0.4, -0.2) is 123 Å². The standard InChI is InChI=1S/C29H50N6O2/c1-4-28(36)30-8-12-34-18-14-32(15-19-34)10-6-26-22-25(3)23-27(24-26)7-11-33-16-20-35(21-17-33)13-9-31-29(37)5-2/h22-24H,4-21H2,1-3H3,(H,30,36)(H,31,37). The molecule has 208 valence electrons. The first-order chi connectivity index (χ1) is 17.9. The minimum absolute atomic E-state index is 0.143. The van der Waals surface area contributed by atoms with Gasteiger partial charge in [0, 0.05) is 104 Å². The van der Waals surface area contributed by atoms with E-state index < -0.39 is 0 Å². The van der Waals surface area contributed by atoms with E-state index in [0.29, 0.717) is 12.8 Å². The number of hydrogen-bond donors (Lipinski definition) is 2. The first-order valence-corrected chi connectivity index (χ1v) is 14.5. The molecule has 1 aromatic carbocycles. The number of amides is 2. The first-order valence-electron chi connectivity index (χ1n) is 14.5. The van der Waals surface area contributed by atoms with E-state index in [-0.39, 0.29) is 11.8 Å². The van der Waals surface area contributed by atoms with Gasteiger partial charge in [0.1, 0.15) is 0 Å². The number of carbonyl (C=O) groups excluding carboxylic acids is 2. The zero-order valence-electron chi connectivity index (χ0n) is 23.6. The maximum Gasteiger partial charge on any atom is 0.219 e. The summed E-state index contributed by atoms with van der Waals surface area (Å²) in [6.45, 7) is 20.4. The summed E-state index contributed by atoms with van der Waals surface area (Å²) in [6, 6.07) is 7.13. The van der Waals surface area contributed by atoms with Crippen molar-refractivity contribution in [2.75, 3.05) is 91.6 Å². The third kappa shape index (κ3) is 11.1. The molecule has 0 aliphatic carbocycles. The van der Waals surface area contributed by atoms with Gasteiger partial charge in [-0.15, -0.1) is 0 Å². The maximum atomic E-state index is 11.4. The van der Waals surface area contributed by atoms with Gasteiger partial charge < -0.3 is 20.4 Å². The lowest BCUT2D eigenvalue weighted by Crippen LogP contribution is -2.48. The second-order valence-corrected chi connectivity index (χ2v) is 10.6. The van der Waals surface area contributed by atoms with Gasteiger partial charge in [-0.2, -0.15) is 0 Å². The lowest BCUT2D eigenvalue weighted by atomic mass is 10.0. The fraction of sp³-hybridized carbons (Fsp3) is 0.724. The lowest BCUT2D eigenvalue weighted by molar-refractivity contribution is -0.121. The quantitative estimate of drug-likeness (QED) is 0.391. The molecule has 0 saturated carbocycles. The summed E-state index contributed by atoms with van der Waals surface area (Å²) < 4.78 is 0. The molecule has 2 aliphatic heterocycles. The Labute approximate surface area is 224 Å². The summed E-state index contributed by atoms with van der Waals surface area (Å²) in [7, 11) is 0. The molecule has 2 N–H and O–H groups in total. The molecule has 0 aromatic heterocycles. The predicted molar refractivity (Wildman–Crippen MR) is 151 cm³/mol. The van der Waals surface area contributed by atoms with E-state index in [1.54, 1.807) is 0 Å². The summed E-state index contributed by atoms with van der Waals surface area (Å²) in [6.07, 6.45) is 3.34. The van der Waals surface area contributed by atoms with E-state index in [1.807, 2.05) is 13.8 Å². The van der Waals surface area contributed by atoms with Crippen molar-refractivity contribution in [1.29, 1.82) is 0 Å². The molecule has 2 fully saturated rings. The molecule has 0 atom stereocenters. The van der Waals surface area contributed by atoms with Gasteiger partial charge in [-0.1, -0.05) is 37.6 Å². The van der Waals surface area contributed by atoms with Crippen LogP contribution in [0, 0.1) is 6.92 Å². The average molecular weight is 515 g/mol. The van der Waals surface area contributed by atoms with Crippen LogP contribution in [0.3, 0.4) is 0 Å². The monoisotopic (exact) mass is 514 g/mol. The number of piperazine rings is 2. The van der Waals surface area contributed by atoms with Gasteiger partial charge in [0.05, 0.1) is 0 Å². The van der Waals surface area contributed by atoms with E-state index in [4.69, 9.17) is 0 Å². The Balaban J connectivity index is 1.32. The van der Waals surface area contributed by atoms with Gasteiger partial charge in [-0.25, -0.2) is 0 Å². The summed E-state index contributed by atoms with van der Waals surface area (Å²) in [4.78, 5) is 32.9. The van der Waals surface area contributed by atoms with Gasteiger partial charge in [0.25, 0.3) is 0 Å². The maximum absolute atomic E-state index is 11.4. The second kappa shape index (κ2) is 16.1. The average Bonchev–Trinajstić information content (AvgIpc) is 2.91. The molecule has 3 rings (SSSR count). The largest absolute Gasteiger partial charge is 0.355 e. The SMILES string of the molecule is CCC(=O)NCCN1CCN(CCc2cc(C)cc(CCN3CCN(CCNC(=O)CC)CC3)c2)CC1. The summed E-state index contributed by atoms with van der Waals surface area (Å²) >= 11 is 0. The van der Waals surface area contributed by atoms with Crippen LogP contribution >= 0.6 is 0 Å². The molecule has 2 amide bonds. The summed E-state index contributed by atoms with van der Waals surface area (Å²) in [5.74, 6) is 0.286. The molecule has 8 heteroatoms. The van der Waals surface area contributed by atoms with Crippen molar-refractivity contribution < 1.29 is 9.59 Å². The fourth-order valence-corrected chi connectivity index (χ4v) is 5.24.